The van der Waals surface area contributed by atoms with Crippen molar-refractivity contribution in [3.05, 3.63) is 35.4 Å². The third kappa shape index (κ3) is 7.20. The second kappa shape index (κ2) is 9.29. The summed E-state index contributed by atoms with van der Waals surface area (Å²) >= 11 is 0. The first kappa shape index (κ1) is 20.6. The molecule has 0 radical (unpaired) electrons. The first-order valence-electron chi connectivity index (χ1n) is 9.39. The van der Waals surface area contributed by atoms with Crippen LogP contribution in [0.4, 0.5) is 0 Å². The van der Waals surface area contributed by atoms with Gasteiger partial charge in [-0.3, -0.25) is 4.52 Å². The minimum Gasteiger partial charge on any atom is -0.323 e. The maximum absolute atomic E-state index is 10.9. The van der Waals surface area contributed by atoms with E-state index in [2.05, 4.69) is 35.7 Å². The molecule has 2 atom stereocenters. The number of benzene rings is 1. The second-order valence-corrected chi connectivity index (χ2v) is 8.71. The molecule has 142 valence electrons. The van der Waals surface area contributed by atoms with Crippen LogP contribution >= 0.6 is 7.82 Å². The molecule has 0 saturated heterocycles. The van der Waals surface area contributed by atoms with E-state index >= 15 is 0 Å². The van der Waals surface area contributed by atoms with E-state index < -0.39 is 13.4 Å². The van der Waals surface area contributed by atoms with Gasteiger partial charge in [0, 0.05) is 5.54 Å². The van der Waals surface area contributed by atoms with Gasteiger partial charge in [0.15, 0.2) is 0 Å². The highest BCUT2D eigenvalue weighted by molar-refractivity contribution is 7.46. The summed E-state index contributed by atoms with van der Waals surface area (Å²) in [6.45, 7) is 2.14. The number of phosphoric acid groups is 1. The smallest absolute Gasteiger partial charge is 0.323 e. The number of hydrogen-bond acceptors (Lipinski definition) is 3. The fourth-order valence-corrected chi connectivity index (χ4v) is 4.10. The van der Waals surface area contributed by atoms with Crippen LogP contribution in [0.3, 0.4) is 0 Å². The predicted molar refractivity (Wildman–Crippen MR) is 100 cm³/mol. The van der Waals surface area contributed by atoms with Crippen LogP contribution in [0.25, 0.3) is 0 Å². The summed E-state index contributed by atoms with van der Waals surface area (Å²) in [5.41, 5.74) is 8.25. The van der Waals surface area contributed by atoms with Crippen LogP contribution in [0.15, 0.2) is 24.3 Å². The first-order valence-corrected chi connectivity index (χ1v) is 10.9. The van der Waals surface area contributed by atoms with Crippen LogP contribution in [-0.2, 0) is 15.5 Å². The molecule has 0 amide bonds. The number of rotatable bonds is 10. The van der Waals surface area contributed by atoms with Gasteiger partial charge in [-0.2, -0.15) is 0 Å². The molecule has 1 aliphatic carbocycles. The zero-order valence-corrected chi connectivity index (χ0v) is 16.1. The van der Waals surface area contributed by atoms with Crippen molar-refractivity contribution in [2.75, 3.05) is 6.61 Å². The molecule has 0 heterocycles. The predicted octanol–water partition coefficient (Wildman–Crippen LogP) is 4.27. The minimum atomic E-state index is -4.46. The van der Waals surface area contributed by atoms with E-state index in [1.165, 1.54) is 43.2 Å². The lowest BCUT2D eigenvalue weighted by Crippen LogP contribution is -2.41. The summed E-state index contributed by atoms with van der Waals surface area (Å²) in [6, 6.07) is 8.78. The summed E-state index contributed by atoms with van der Waals surface area (Å²) in [6.07, 6.45) is 9.95. The normalized spacial score (nSPS) is 23.9. The van der Waals surface area contributed by atoms with Gasteiger partial charge in [-0.25, -0.2) is 4.57 Å². The standard InChI is InChI=1S/C19H32NO4P/c1-2-3-4-5-6-7-16-8-10-17(11-9-16)18-12-13-19(20,14-18)15-24-25(21,22)23/h8-11,18H,2-7,12-15,20H2,1H3,(H2,21,22,23)/t18-,19-/m1/s1. The molecule has 0 spiro atoms. The molecular weight excluding hydrogens is 337 g/mol. The molecule has 6 heteroatoms. The van der Waals surface area contributed by atoms with Crippen LogP contribution < -0.4 is 5.73 Å². The molecule has 4 N–H and O–H groups in total. The van der Waals surface area contributed by atoms with Gasteiger partial charge in [0.2, 0.25) is 0 Å². The maximum Gasteiger partial charge on any atom is 0.469 e. The number of unbranched alkanes of at least 4 members (excludes halogenated alkanes) is 4. The lowest BCUT2D eigenvalue weighted by molar-refractivity contribution is 0.153. The zero-order valence-electron chi connectivity index (χ0n) is 15.2. The molecule has 1 fully saturated rings. The van der Waals surface area contributed by atoms with Crippen molar-refractivity contribution < 1.29 is 18.9 Å². The van der Waals surface area contributed by atoms with E-state index in [0.717, 1.165) is 19.3 Å². The molecule has 5 nitrogen and oxygen atoms in total. The Labute approximate surface area is 151 Å². The average Bonchev–Trinajstić information content (AvgIpc) is 2.96. The largest absolute Gasteiger partial charge is 0.469 e. The minimum absolute atomic E-state index is 0.0936. The molecule has 1 aromatic rings. The lowest BCUT2D eigenvalue weighted by atomic mass is 9.92. The molecule has 0 aliphatic heterocycles. The van der Waals surface area contributed by atoms with Crippen molar-refractivity contribution in [2.45, 2.75) is 76.2 Å². The zero-order chi connectivity index (χ0) is 18.3. The van der Waals surface area contributed by atoms with Gasteiger partial charge in [0.1, 0.15) is 0 Å². The van der Waals surface area contributed by atoms with E-state index in [4.69, 9.17) is 15.5 Å². The van der Waals surface area contributed by atoms with Crippen LogP contribution in [-0.4, -0.2) is 21.9 Å². The van der Waals surface area contributed by atoms with Crippen molar-refractivity contribution in [1.82, 2.24) is 0 Å². The van der Waals surface area contributed by atoms with Gasteiger partial charge in [-0.15, -0.1) is 0 Å². The molecule has 0 bridgehead atoms. The van der Waals surface area contributed by atoms with Gasteiger partial charge in [0.05, 0.1) is 6.61 Å². The molecule has 1 aliphatic rings. The van der Waals surface area contributed by atoms with E-state index in [1.54, 1.807) is 0 Å². The third-order valence-corrected chi connectivity index (χ3v) is 5.65. The Morgan fingerprint density at radius 1 is 1.20 bits per heavy atom. The number of aryl methyl sites for hydroxylation is 1. The highest BCUT2D eigenvalue weighted by Gasteiger charge is 2.38. The second-order valence-electron chi connectivity index (χ2n) is 7.47. The Morgan fingerprint density at radius 3 is 2.52 bits per heavy atom. The van der Waals surface area contributed by atoms with Crippen LogP contribution in [0.1, 0.15) is 75.3 Å². The van der Waals surface area contributed by atoms with Crippen molar-refractivity contribution in [2.24, 2.45) is 5.73 Å². The molecule has 0 aromatic heterocycles. The molecule has 2 rings (SSSR count). The summed E-state index contributed by atoms with van der Waals surface area (Å²) in [5, 5.41) is 0. The Balaban J connectivity index is 1.81. The molecular formula is C19H32NO4P. The highest BCUT2D eigenvalue weighted by atomic mass is 31.2. The van der Waals surface area contributed by atoms with Gasteiger partial charge in [0.25, 0.3) is 0 Å². The van der Waals surface area contributed by atoms with Gasteiger partial charge in [-0.05, 0) is 49.1 Å². The van der Waals surface area contributed by atoms with Crippen molar-refractivity contribution in [1.29, 1.82) is 0 Å². The SMILES string of the molecule is CCCCCCCc1ccc([C@@H]2CC[C@](N)(COP(=O)(O)O)C2)cc1. The Bertz CT molecular complexity index is 571. The number of nitrogens with two attached hydrogens (primary N) is 1. The summed E-state index contributed by atoms with van der Waals surface area (Å²) < 4.78 is 15.5. The quantitative estimate of drug-likeness (QED) is 0.423. The Hall–Kier alpha value is -0.710. The van der Waals surface area contributed by atoms with E-state index in [9.17, 15) is 4.57 Å². The van der Waals surface area contributed by atoms with Crippen LogP contribution in [0.5, 0.6) is 0 Å². The topological polar surface area (TPSA) is 92.8 Å². The fourth-order valence-electron chi connectivity index (χ4n) is 3.67. The molecule has 1 aromatic carbocycles. The molecule has 25 heavy (non-hydrogen) atoms. The van der Waals surface area contributed by atoms with Gasteiger partial charge in [-0.1, -0.05) is 56.9 Å². The van der Waals surface area contributed by atoms with Crippen molar-refractivity contribution in [3.63, 3.8) is 0 Å². The van der Waals surface area contributed by atoms with Crippen LogP contribution in [0, 0.1) is 0 Å². The Kier molecular flexibility index (Phi) is 7.66. The monoisotopic (exact) mass is 369 g/mol. The third-order valence-electron chi connectivity index (χ3n) is 5.18. The van der Waals surface area contributed by atoms with Crippen molar-refractivity contribution >= 4 is 7.82 Å². The molecule has 0 unspecified atom stereocenters. The van der Waals surface area contributed by atoms with E-state index in [0.29, 0.717) is 12.3 Å². The summed E-state index contributed by atoms with van der Waals surface area (Å²) in [7, 11) is -4.46. The number of hydrogen-bond donors (Lipinski definition) is 3. The number of phosphoric ester groups is 1. The highest BCUT2D eigenvalue weighted by Crippen LogP contribution is 2.43. The van der Waals surface area contributed by atoms with E-state index in [-0.39, 0.29) is 6.61 Å². The van der Waals surface area contributed by atoms with Gasteiger partial charge >= 0.3 is 7.82 Å². The van der Waals surface area contributed by atoms with E-state index in [1.807, 2.05) is 0 Å². The van der Waals surface area contributed by atoms with Crippen LogP contribution in [0.2, 0.25) is 0 Å². The first-order chi connectivity index (χ1) is 11.8. The summed E-state index contributed by atoms with van der Waals surface area (Å²) in [4.78, 5) is 17.7. The lowest BCUT2D eigenvalue weighted by Gasteiger charge is -2.24. The fraction of sp³-hybridized carbons (Fsp3) is 0.684. The molecule has 1 saturated carbocycles. The average molecular weight is 369 g/mol. The van der Waals surface area contributed by atoms with Crippen molar-refractivity contribution in [3.8, 4) is 0 Å². The van der Waals surface area contributed by atoms with Gasteiger partial charge < -0.3 is 15.5 Å². The maximum atomic E-state index is 10.9. The summed E-state index contributed by atoms with van der Waals surface area (Å²) in [5.74, 6) is 0.337. The Morgan fingerprint density at radius 2 is 1.88 bits per heavy atom.